The Morgan fingerprint density at radius 1 is 1.47 bits per heavy atom. The van der Waals surface area contributed by atoms with Crippen molar-refractivity contribution in [3.05, 3.63) is 34.9 Å². The van der Waals surface area contributed by atoms with Gasteiger partial charge in [0.2, 0.25) is 0 Å². The van der Waals surface area contributed by atoms with Crippen LogP contribution in [0.25, 0.3) is 0 Å². The molecule has 3 nitrogen and oxygen atoms in total. The highest BCUT2D eigenvalue weighted by atomic mass is 35.5. The van der Waals surface area contributed by atoms with Gasteiger partial charge in [-0.3, -0.25) is 4.99 Å². The molecular weight excluding hydrogens is 210 g/mol. The molecule has 80 valence electrons. The second-order valence-electron chi connectivity index (χ2n) is 3.54. The molecule has 0 radical (unpaired) electrons. The van der Waals surface area contributed by atoms with Crippen LogP contribution in [0.2, 0.25) is 5.02 Å². The fraction of sp³-hybridized carbons (Fsp3) is 0.364. The van der Waals surface area contributed by atoms with Gasteiger partial charge in [-0.15, -0.1) is 0 Å². The summed E-state index contributed by atoms with van der Waals surface area (Å²) in [4.78, 5) is 4.28. The van der Waals surface area contributed by atoms with Gasteiger partial charge in [0.25, 0.3) is 0 Å². The maximum atomic E-state index is 6.10. The molecule has 1 aromatic carbocycles. The zero-order valence-corrected chi connectivity index (χ0v) is 9.38. The van der Waals surface area contributed by atoms with Gasteiger partial charge >= 0.3 is 0 Å². The highest BCUT2D eigenvalue weighted by molar-refractivity contribution is 6.31. The van der Waals surface area contributed by atoms with E-state index in [1.807, 2.05) is 24.3 Å². The maximum Gasteiger partial charge on any atom is 0.191 e. The van der Waals surface area contributed by atoms with Gasteiger partial charge in [0.05, 0.1) is 12.6 Å². The summed E-state index contributed by atoms with van der Waals surface area (Å²) < 4.78 is 0. The van der Waals surface area contributed by atoms with Crippen molar-refractivity contribution in [1.82, 2.24) is 10.6 Å². The average molecular weight is 224 g/mol. The maximum absolute atomic E-state index is 6.10. The first-order valence-corrected chi connectivity index (χ1v) is 5.44. The second kappa shape index (κ2) is 4.53. The smallest absolute Gasteiger partial charge is 0.191 e. The number of aliphatic imine (C=N–C) groups is 1. The van der Waals surface area contributed by atoms with Gasteiger partial charge in [0, 0.05) is 11.6 Å². The van der Waals surface area contributed by atoms with E-state index in [2.05, 4.69) is 22.5 Å². The summed E-state index contributed by atoms with van der Waals surface area (Å²) in [5.41, 5.74) is 1.09. The SMILES string of the molecule is C[C@H](NC1=NCCN1)c1ccccc1Cl. The highest BCUT2D eigenvalue weighted by Crippen LogP contribution is 2.21. The Balaban J connectivity index is 2.07. The molecule has 0 spiro atoms. The first-order valence-electron chi connectivity index (χ1n) is 5.06. The lowest BCUT2D eigenvalue weighted by atomic mass is 10.1. The molecule has 1 atom stereocenters. The van der Waals surface area contributed by atoms with Crippen molar-refractivity contribution in [1.29, 1.82) is 0 Å². The van der Waals surface area contributed by atoms with E-state index in [9.17, 15) is 0 Å². The quantitative estimate of drug-likeness (QED) is 0.804. The van der Waals surface area contributed by atoms with Crippen molar-refractivity contribution in [2.75, 3.05) is 13.1 Å². The van der Waals surface area contributed by atoms with Gasteiger partial charge in [-0.05, 0) is 18.6 Å². The monoisotopic (exact) mass is 223 g/mol. The standard InChI is InChI=1S/C11H14ClN3/c1-8(15-11-13-6-7-14-11)9-4-2-3-5-10(9)12/h2-5,8H,6-7H2,1H3,(H2,13,14,15)/t8-/m0/s1. The van der Waals surface area contributed by atoms with Crippen LogP contribution in [-0.2, 0) is 0 Å². The van der Waals surface area contributed by atoms with E-state index in [0.717, 1.165) is 29.6 Å². The third kappa shape index (κ3) is 2.42. The first-order chi connectivity index (χ1) is 7.27. The number of benzene rings is 1. The molecule has 0 aliphatic carbocycles. The van der Waals surface area contributed by atoms with E-state index in [0.29, 0.717) is 0 Å². The molecule has 0 unspecified atom stereocenters. The molecule has 0 bridgehead atoms. The van der Waals surface area contributed by atoms with Gasteiger partial charge in [-0.2, -0.15) is 0 Å². The predicted octanol–water partition coefficient (Wildman–Crippen LogP) is 1.95. The molecule has 0 fully saturated rings. The molecule has 1 aliphatic rings. The van der Waals surface area contributed by atoms with Gasteiger partial charge in [-0.25, -0.2) is 0 Å². The lowest BCUT2D eigenvalue weighted by Crippen LogP contribution is -2.35. The van der Waals surface area contributed by atoms with Crippen molar-refractivity contribution in [3.63, 3.8) is 0 Å². The summed E-state index contributed by atoms with van der Waals surface area (Å²) in [7, 11) is 0. The number of nitrogens with zero attached hydrogens (tertiary/aromatic N) is 1. The minimum absolute atomic E-state index is 0.169. The zero-order chi connectivity index (χ0) is 10.7. The molecule has 2 N–H and O–H groups in total. The molecule has 0 amide bonds. The Morgan fingerprint density at radius 3 is 2.93 bits per heavy atom. The number of hydrogen-bond donors (Lipinski definition) is 2. The third-order valence-corrected chi connectivity index (χ3v) is 2.74. The van der Waals surface area contributed by atoms with Gasteiger partial charge in [0.1, 0.15) is 0 Å². The number of guanidine groups is 1. The fourth-order valence-electron chi connectivity index (χ4n) is 1.60. The Kier molecular flexibility index (Phi) is 3.11. The lowest BCUT2D eigenvalue weighted by Gasteiger charge is -2.16. The van der Waals surface area contributed by atoms with E-state index < -0.39 is 0 Å². The van der Waals surface area contributed by atoms with Crippen LogP contribution in [0.1, 0.15) is 18.5 Å². The zero-order valence-electron chi connectivity index (χ0n) is 8.63. The first kappa shape index (κ1) is 10.3. The minimum Gasteiger partial charge on any atom is -0.355 e. The summed E-state index contributed by atoms with van der Waals surface area (Å²) in [6, 6.07) is 8.02. The topological polar surface area (TPSA) is 36.4 Å². The molecule has 0 aromatic heterocycles. The summed E-state index contributed by atoms with van der Waals surface area (Å²) in [5, 5.41) is 7.25. The third-order valence-electron chi connectivity index (χ3n) is 2.40. The molecule has 0 saturated carbocycles. The molecule has 2 rings (SSSR count). The Bertz CT molecular complexity index is 376. The Morgan fingerprint density at radius 2 is 2.27 bits per heavy atom. The summed E-state index contributed by atoms with van der Waals surface area (Å²) in [5.74, 6) is 0.863. The highest BCUT2D eigenvalue weighted by Gasteiger charge is 2.12. The largest absolute Gasteiger partial charge is 0.355 e. The van der Waals surface area contributed by atoms with Crippen molar-refractivity contribution < 1.29 is 0 Å². The van der Waals surface area contributed by atoms with Crippen LogP contribution in [0.3, 0.4) is 0 Å². The fourth-order valence-corrected chi connectivity index (χ4v) is 1.90. The van der Waals surface area contributed by atoms with Crippen molar-refractivity contribution in [2.45, 2.75) is 13.0 Å². The molecule has 1 heterocycles. The Hall–Kier alpha value is -1.22. The molecule has 4 heteroatoms. The normalized spacial score (nSPS) is 16.8. The van der Waals surface area contributed by atoms with Crippen LogP contribution < -0.4 is 10.6 Å². The second-order valence-corrected chi connectivity index (χ2v) is 3.95. The predicted molar refractivity (Wildman–Crippen MR) is 63.3 cm³/mol. The molecule has 1 aliphatic heterocycles. The van der Waals surface area contributed by atoms with Gasteiger partial charge < -0.3 is 10.6 Å². The van der Waals surface area contributed by atoms with Crippen LogP contribution in [0.5, 0.6) is 0 Å². The van der Waals surface area contributed by atoms with E-state index in [4.69, 9.17) is 11.6 Å². The summed E-state index contributed by atoms with van der Waals surface area (Å²) >= 11 is 6.10. The Labute approximate surface area is 94.5 Å². The average Bonchev–Trinajstić information content (AvgIpc) is 2.71. The van der Waals surface area contributed by atoms with E-state index in [1.54, 1.807) is 0 Å². The van der Waals surface area contributed by atoms with Crippen LogP contribution >= 0.6 is 11.6 Å². The van der Waals surface area contributed by atoms with Crippen LogP contribution in [-0.4, -0.2) is 19.0 Å². The lowest BCUT2D eigenvalue weighted by molar-refractivity contribution is 0.702. The van der Waals surface area contributed by atoms with E-state index in [-0.39, 0.29) is 6.04 Å². The van der Waals surface area contributed by atoms with Gasteiger partial charge in [-0.1, -0.05) is 29.8 Å². The van der Waals surface area contributed by atoms with Crippen LogP contribution in [0.15, 0.2) is 29.3 Å². The van der Waals surface area contributed by atoms with E-state index in [1.165, 1.54) is 0 Å². The van der Waals surface area contributed by atoms with Crippen LogP contribution in [0, 0.1) is 0 Å². The molecule has 0 saturated heterocycles. The summed E-state index contributed by atoms with van der Waals surface area (Å²) in [6.07, 6.45) is 0. The van der Waals surface area contributed by atoms with Crippen LogP contribution in [0.4, 0.5) is 0 Å². The van der Waals surface area contributed by atoms with Crippen molar-refractivity contribution in [3.8, 4) is 0 Å². The number of rotatable bonds is 2. The van der Waals surface area contributed by atoms with Gasteiger partial charge in [0.15, 0.2) is 5.96 Å². The number of hydrogen-bond acceptors (Lipinski definition) is 3. The number of halogens is 1. The van der Waals surface area contributed by atoms with E-state index >= 15 is 0 Å². The molecular formula is C11H14ClN3. The minimum atomic E-state index is 0.169. The van der Waals surface area contributed by atoms with Crippen molar-refractivity contribution in [2.24, 2.45) is 4.99 Å². The number of nitrogens with one attached hydrogen (secondary N) is 2. The molecule has 1 aromatic rings. The van der Waals surface area contributed by atoms with Crippen molar-refractivity contribution >= 4 is 17.6 Å². The molecule has 15 heavy (non-hydrogen) atoms. The summed E-state index contributed by atoms with van der Waals surface area (Å²) in [6.45, 7) is 3.83.